The van der Waals surface area contributed by atoms with Gasteiger partial charge in [0.25, 0.3) is 0 Å². The van der Waals surface area contributed by atoms with Crippen molar-refractivity contribution < 1.29 is 17.9 Å². The van der Waals surface area contributed by atoms with Crippen molar-refractivity contribution >= 4 is 23.2 Å². The van der Waals surface area contributed by atoms with E-state index >= 15 is 0 Å². The number of para-hydroxylation sites is 2. The molecule has 0 atom stereocenters. The first kappa shape index (κ1) is 16.0. The van der Waals surface area contributed by atoms with Gasteiger partial charge in [0.1, 0.15) is 0 Å². The zero-order valence-electron chi connectivity index (χ0n) is 11.4. The molecule has 2 aromatic rings. The van der Waals surface area contributed by atoms with Gasteiger partial charge in [-0.25, -0.2) is 4.99 Å². The third-order valence-corrected chi connectivity index (χ3v) is 3.32. The van der Waals surface area contributed by atoms with Gasteiger partial charge >= 0.3 is 6.36 Å². The van der Waals surface area contributed by atoms with Crippen molar-refractivity contribution in [2.45, 2.75) is 19.8 Å². The van der Waals surface area contributed by atoms with Crippen LogP contribution < -0.4 is 15.8 Å². The van der Waals surface area contributed by atoms with Crippen molar-refractivity contribution in [1.29, 1.82) is 0 Å². The first-order chi connectivity index (χ1) is 10.3. The normalized spacial score (nSPS) is 12.3. The topological polar surface area (TPSA) is 85.4 Å². The van der Waals surface area contributed by atoms with Gasteiger partial charge in [-0.2, -0.15) is 0 Å². The molecule has 2 rings (SSSR count). The molecule has 0 saturated heterocycles. The Morgan fingerprint density at radius 3 is 2.77 bits per heavy atom. The van der Waals surface area contributed by atoms with Gasteiger partial charge in [-0.05, 0) is 30.6 Å². The second kappa shape index (κ2) is 6.60. The van der Waals surface area contributed by atoms with Gasteiger partial charge in [-0.1, -0.05) is 16.6 Å². The average Bonchev–Trinajstić information content (AvgIpc) is 2.83. The van der Waals surface area contributed by atoms with E-state index in [1.807, 2.05) is 0 Å². The number of aromatic nitrogens is 2. The van der Waals surface area contributed by atoms with Crippen molar-refractivity contribution in [3.63, 3.8) is 0 Å². The number of alkyl halides is 3. The van der Waals surface area contributed by atoms with Crippen molar-refractivity contribution in [3.05, 3.63) is 34.8 Å². The Labute approximate surface area is 128 Å². The van der Waals surface area contributed by atoms with Crippen molar-refractivity contribution in [2.75, 3.05) is 5.32 Å². The highest BCUT2D eigenvalue weighted by molar-refractivity contribution is 7.05. The number of nitrogens with one attached hydrogen (secondary N) is 1. The smallest absolute Gasteiger partial charge is 0.404 e. The maximum Gasteiger partial charge on any atom is 0.573 e. The van der Waals surface area contributed by atoms with Crippen LogP contribution in [0.3, 0.4) is 0 Å². The summed E-state index contributed by atoms with van der Waals surface area (Å²) in [7, 11) is 0. The van der Waals surface area contributed by atoms with Gasteiger partial charge in [0.2, 0.25) is 0 Å². The lowest BCUT2D eigenvalue weighted by Crippen LogP contribution is -2.24. The van der Waals surface area contributed by atoms with Crippen LogP contribution in [0.5, 0.6) is 5.75 Å². The highest BCUT2D eigenvalue weighted by Crippen LogP contribution is 2.29. The van der Waals surface area contributed by atoms with E-state index in [0.717, 1.165) is 10.6 Å². The monoisotopic (exact) mass is 331 g/mol. The lowest BCUT2D eigenvalue weighted by molar-refractivity contribution is -0.274. The zero-order valence-corrected chi connectivity index (χ0v) is 12.2. The molecule has 10 heteroatoms. The number of halogens is 3. The Hall–Kier alpha value is -2.36. The molecule has 3 N–H and O–H groups in total. The molecule has 118 valence electrons. The number of rotatable bonds is 4. The van der Waals surface area contributed by atoms with E-state index in [0.29, 0.717) is 0 Å². The minimum Gasteiger partial charge on any atom is -0.404 e. The quantitative estimate of drug-likeness (QED) is 0.664. The number of aryl methyl sites for hydroxylation is 1. The van der Waals surface area contributed by atoms with Crippen LogP contribution in [0.2, 0.25) is 0 Å². The van der Waals surface area contributed by atoms with E-state index in [1.165, 1.54) is 29.7 Å². The lowest BCUT2D eigenvalue weighted by Gasteiger charge is -2.14. The summed E-state index contributed by atoms with van der Waals surface area (Å²) in [6.07, 6.45) is -4.78. The standard InChI is InChI=1S/C12H12F3N5OS/c1-7-10(22-20-19-7)6-17-11(16)18-8-4-2-3-5-9(8)21-12(13,14)15/h2-5H,6H2,1H3,(H3,16,17,18). The number of guanidine groups is 1. The number of ether oxygens (including phenoxy) is 1. The lowest BCUT2D eigenvalue weighted by atomic mass is 10.3. The fourth-order valence-electron chi connectivity index (χ4n) is 1.51. The van der Waals surface area contributed by atoms with Crippen LogP contribution in [0.4, 0.5) is 18.9 Å². The first-order valence-electron chi connectivity index (χ1n) is 6.04. The molecule has 0 fully saturated rings. The van der Waals surface area contributed by atoms with E-state index in [-0.39, 0.29) is 23.9 Å². The molecule has 1 aromatic carbocycles. The second-order valence-electron chi connectivity index (χ2n) is 4.15. The zero-order chi connectivity index (χ0) is 16.2. The third-order valence-electron chi connectivity index (χ3n) is 2.51. The molecule has 6 nitrogen and oxygen atoms in total. The maximum atomic E-state index is 12.3. The number of nitrogens with two attached hydrogens (primary N) is 1. The second-order valence-corrected chi connectivity index (χ2v) is 4.99. The molecule has 0 aliphatic carbocycles. The summed E-state index contributed by atoms with van der Waals surface area (Å²) in [5.41, 5.74) is 6.48. The molecule has 0 spiro atoms. The van der Waals surface area contributed by atoms with Crippen LogP contribution in [-0.4, -0.2) is 21.9 Å². The summed E-state index contributed by atoms with van der Waals surface area (Å²) < 4.78 is 44.6. The van der Waals surface area contributed by atoms with E-state index in [4.69, 9.17) is 5.73 Å². The number of anilines is 1. The van der Waals surface area contributed by atoms with Crippen molar-refractivity contribution in [1.82, 2.24) is 9.59 Å². The molecule has 0 unspecified atom stereocenters. The minimum absolute atomic E-state index is 0.0361. The van der Waals surface area contributed by atoms with Crippen molar-refractivity contribution in [2.24, 2.45) is 10.7 Å². The minimum atomic E-state index is -4.78. The summed E-state index contributed by atoms with van der Waals surface area (Å²) in [6, 6.07) is 5.56. The van der Waals surface area contributed by atoms with Gasteiger partial charge in [0.15, 0.2) is 11.7 Å². The summed E-state index contributed by atoms with van der Waals surface area (Å²) in [4.78, 5) is 4.86. The van der Waals surface area contributed by atoms with E-state index in [1.54, 1.807) is 13.0 Å². The van der Waals surface area contributed by atoms with Crippen LogP contribution in [0.1, 0.15) is 10.6 Å². The van der Waals surface area contributed by atoms with E-state index in [9.17, 15) is 13.2 Å². The third kappa shape index (κ3) is 4.58. The Bertz CT molecular complexity index is 671. The number of benzene rings is 1. The van der Waals surface area contributed by atoms with Crippen LogP contribution in [0.15, 0.2) is 29.3 Å². The number of hydrogen-bond acceptors (Lipinski definition) is 5. The summed E-state index contributed by atoms with van der Waals surface area (Å²) in [5.74, 6) is -0.421. The Balaban J connectivity index is 2.08. The fraction of sp³-hybridized carbons (Fsp3) is 0.250. The summed E-state index contributed by atoms with van der Waals surface area (Å²) in [5, 5.41) is 6.41. The van der Waals surface area contributed by atoms with Crippen LogP contribution in [0, 0.1) is 6.92 Å². The molecule has 0 radical (unpaired) electrons. The van der Waals surface area contributed by atoms with Gasteiger partial charge in [0, 0.05) is 0 Å². The predicted octanol–water partition coefficient (Wildman–Crippen LogP) is 2.67. The average molecular weight is 331 g/mol. The summed E-state index contributed by atoms with van der Waals surface area (Å²) in [6.45, 7) is 2.02. The molecule has 22 heavy (non-hydrogen) atoms. The first-order valence-corrected chi connectivity index (χ1v) is 6.82. The van der Waals surface area contributed by atoms with Gasteiger partial charge in [-0.3, -0.25) is 0 Å². The van der Waals surface area contributed by atoms with Crippen molar-refractivity contribution in [3.8, 4) is 5.75 Å². The highest BCUT2D eigenvalue weighted by Gasteiger charge is 2.32. The maximum absolute atomic E-state index is 12.3. The fourth-order valence-corrected chi connectivity index (χ4v) is 2.07. The molecular formula is C12H12F3N5OS. The van der Waals surface area contributed by atoms with Crippen LogP contribution in [0.25, 0.3) is 0 Å². The molecule has 1 aromatic heterocycles. The SMILES string of the molecule is Cc1nnsc1CN=C(N)Nc1ccccc1OC(F)(F)F. The van der Waals surface area contributed by atoms with Crippen LogP contribution in [-0.2, 0) is 6.54 Å². The Morgan fingerprint density at radius 2 is 2.14 bits per heavy atom. The predicted molar refractivity (Wildman–Crippen MR) is 76.7 cm³/mol. The molecule has 0 saturated carbocycles. The van der Waals surface area contributed by atoms with Gasteiger partial charge < -0.3 is 15.8 Å². The molecular weight excluding hydrogens is 319 g/mol. The molecule has 0 aliphatic rings. The highest BCUT2D eigenvalue weighted by atomic mass is 32.1. The molecule has 1 heterocycles. The van der Waals surface area contributed by atoms with Gasteiger partial charge in [0.05, 0.1) is 22.8 Å². The summed E-state index contributed by atoms with van der Waals surface area (Å²) >= 11 is 1.18. The van der Waals surface area contributed by atoms with E-state index < -0.39 is 6.36 Å². The molecule has 0 amide bonds. The van der Waals surface area contributed by atoms with Gasteiger partial charge in [-0.15, -0.1) is 18.3 Å². The Kier molecular flexibility index (Phi) is 4.81. The number of aliphatic imine (C=N–C) groups is 1. The largest absolute Gasteiger partial charge is 0.573 e. The number of nitrogens with zero attached hydrogens (tertiary/aromatic N) is 3. The number of hydrogen-bond donors (Lipinski definition) is 2. The van der Waals surface area contributed by atoms with Crippen LogP contribution >= 0.6 is 11.5 Å². The van der Waals surface area contributed by atoms with E-state index in [2.05, 4.69) is 24.6 Å². The molecule has 0 bridgehead atoms. The molecule has 0 aliphatic heterocycles. The Morgan fingerprint density at radius 1 is 1.41 bits per heavy atom.